The standard InChI is InChI=1S/C13H14BrN3O/c1-8-11(14)13(15-2)17-12(16-8)9-4-6-10(18-3)7-5-9/h4-7H,1-3H3,(H,15,16,17). The van der Waals surface area contributed by atoms with Crippen LogP contribution < -0.4 is 10.1 Å². The molecule has 1 N–H and O–H groups in total. The summed E-state index contributed by atoms with van der Waals surface area (Å²) in [6.07, 6.45) is 0. The Kier molecular flexibility index (Phi) is 3.81. The molecule has 1 aromatic heterocycles. The number of nitrogens with one attached hydrogen (secondary N) is 1. The number of halogens is 1. The monoisotopic (exact) mass is 307 g/mol. The van der Waals surface area contributed by atoms with Crippen LogP contribution in [0.25, 0.3) is 11.4 Å². The average molecular weight is 308 g/mol. The van der Waals surface area contributed by atoms with Gasteiger partial charge >= 0.3 is 0 Å². The van der Waals surface area contributed by atoms with E-state index in [0.29, 0.717) is 5.82 Å². The number of aromatic nitrogens is 2. The second kappa shape index (κ2) is 5.35. The summed E-state index contributed by atoms with van der Waals surface area (Å²) in [4.78, 5) is 8.94. The van der Waals surface area contributed by atoms with Crippen molar-refractivity contribution in [1.29, 1.82) is 0 Å². The molecule has 5 heteroatoms. The maximum Gasteiger partial charge on any atom is 0.161 e. The van der Waals surface area contributed by atoms with Crippen LogP contribution in [-0.2, 0) is 0 Å². The molecule has 0 aliphatic rings. The second-order valence-corrected chi connectivity index (χ2v) is 4.57. The lowest BCUT2D eigenvalue weighted by atomic mass is 10.2. The number of rotatable bonds is 3. The average Bonchev–Trinajstić information content (AvgIpc) is 2.42. The molecule has 0 amide bonds. The van der Waals surface area contributed by atoms with Gasteiger partial charge in [-0.1, -0.05) is 0 Å². The van der Waals surface area contributed by atoms with E-state index in [4.69, 9.17) is 4.74 Å². The zero-order chi connectivity index (χ0) is 13.1. The minimum absolute atomic E-state index is 0.697. The summed E-state index contributed by atoms with van der Waals surface area (Å²) in [6.45, 7) is 1.94. The van der Waals surface area contributed by atoms with Crippen molar-refractivity contribution < 1.29 is 4.74 Å². The number of hydrogen-bond acceptors (Lipinski definition) is 4. The zero-order valence-electron chi connectivity index (χ0n) is 10.5. The summed E-state index contributed by atoms with van der Waals surface area (Å²) in [5, 5.41) is 3.05. The van der Waals surface area contributed by atoms with E-state index in [2.05, 4.69) is 31.2 Å². The predicted molar refractivity (Wildman–Crippen MR) is 76.0 cm³/mol. The van der Waals surface area contributed by atoms with E-state index in [1.54, 1.807) is 7.11 Å². The number of ether oxygens (including phenoxy) is 1. The summed E-state index contributed by atoms with van der Waals surface area (Å²) in [5.74, 6) is 2.30. The largest absolute Gasteiger partial charge is 0.497 e. The second-order valence-electron chi connectivity index (χ2n) is 3.77. The Labute approximate surface area is 115 Å². The van der Waals surface area contributed by atoms with Gasteiger partial charge in [0.05, 0.1) is 17.3 Å². The van der Waals surface area contributed by atoms with Gasteiger partial charge < -0.3 is 10.1 Å². The van der Waals surface area contributed by atoms with Gasteiger partial charge in [0.2, 0.25) is 0 Å². The van der Waals surface area contributed by atoms with Crippen LogP contribution in [0, 0.1) is 6.92 Å². The van der Waals surface area contributed by atoms with Crippen molar-refractivity contribution >= 4 is 21.7 Å². The molecule has 0 aliphatic carbocycles. The van der Waals surface area contributed by atoms with Gasteiger partial charge in [0.15, 0.2) is 5.82 Å². The van der Waals surface area contributed by atoms with Gasteiger partial charge in [-0.15, -0.1) is 0 Å². The number of aryl methyl sites for hydroxylation is 1. The summed E-state index contributed by atoms with van der Waals surface area (Å²) < 4.78 is 6.02. The minimum Gasteiger partial charge on any atom is -0.497 e. The molecular weight excluding hydrogens is 294 g/mol. The van der Waals surface area contributed by atoms with E-state index in [0.717, 1.165) is 27.3 Å². The van der Waals surface area contributed by atoms with Crippen LogP contribution in [0.3, 0.4) is 0 Å². The SMILES string of the molecule is CNc1nc(-c2ccc(OC)cc2)nc(C)c1Br. The first-order chi connectivity index (χ1) is 8.65. The van der Waals surface area contributed by atoms with E-state index in [1.165, 1.54) is 0 Å². The fourth-order valence-electron chi connectivity index (χ4n) is 1.59. The van der Waals surface area contributed by atoms with E-state index < -0.39 is 0 Å². The van der Waals surface area contributed by atoms with Gasteiger partial charge in [-0.25, -0.2) is 9.97 Å². The highest BCUT2D eigenvalue weighted by atomic mass is 79.9. The van der Waals surface area contributed by atoms with Gasteiger partial charge in [-0.2, -0.15) is 0 Å². The van der Waals surface area contributed by atoms with E-state index >= 15 is 0 Å². The molecule has 2 rings (SSSR count). The van der Waals surface area contributed by atoms with E-state index in [9.17, 15) is 0 Å². The first-order valence-corrected chi connectivity index (χ1v) is 6.31. The lowest BCUT2D eigenvalue weighted by Crippen LogP contribution is -2.00. The Balaban J connectivity index is 2.46. The van der Waals surface area contributed by atoms with Crippen molar-refractivity contribution in [3.63, 3.8) is 0 Å². The molecule has 2 aromatic rings. The van der Waals surface area contributed by atoms with Gasteiger partial charge in [-0.3, -0.25) is 0 Å². The van der Waals surface area contributed by atoms with Crippen molar-refractivity contribution in [3.8, 4) is 17.1 Å². The molecule has 0 spiro atoms. The van der Waals surface area contributed by atoms with Gasteiger partial charge in [-0.05, 0) is 47.1 Å². The van der Waals surface area contributed by atoms with Crippen LogP contribution >= 0.6 is 15.9 Å². The Bertz CT molecular complexity index is 555. The first-order valence-electron chi connectivity index (χ1n) is 5.52. The molecule has 18 heavy (non-hydrogen) atoms. The summed E-state index contributed by atoms with van der Waals surface area (Å²) in [5.41, 5.74) is 1.86. The first kappa shape index (κ1) is 12.8. The fourth-order valence-corrected chi connectivity index (χ4v) is 1.97. The molecule has 94 valence electrons. The van der Waals surface area contributed by atoms with Crippen LogP contribution in [-0.4, -0.2) is 24.1 Å². The zero-order valence-corrected chi connectivity index (χ0v) is 12.1. The molecule has 0 bridgehead atoms. The van der Waals surface area contributed by atoms with Crippen LogP contribution in [0.5, 0.6) is 5.75 Å². The minimum atomic E-state index is 0.697. The summed E-state index contributed by atoms with van der Waals surface area (Å²) >= 11 is 3.46. The van der Waals surface area contributed by atoms with Crippen molar-refractivity contribution in [2.24, 2.45) is 0 Å². The number of hydrogen-bond donors (Lipinski definition) is 1. The van der Waals surface area contributed by atoms with Crippen molar-refractivity contribution in [1.82, 2.24) is 9.97 Å². The van der Waals surface area contributed by atoms with Gasteiger partial charge in [0.25, 0.3) is 0 Å². The van der Waals surface area contributed by atoms with Gasteiger partial charge in [0, 0.05) is 12.6 Å². The quantitative estimate of drug-likeness (QED) is 0.945. The maximum absolute atomic E-state index is 5.13. The molecule has 0 fully saturated rings. The lowest BCUT2D eigenvalue weighted by Gasteiger charge is -2.09. The molecule has 1 heterocycles. The smallest absolute Gasteiger partial charge is 0.161 e. The van der Waals surface area contributed by atoms with Crippen LogP contribution in [0.2, 0.25) is 0 Å². The third kappa shape index (κ3) is 2.46. The third-order valence-corrected chi connectivity index (χ3v) is 3.55. The predicted octanol–water partition coefficient (Wildman–Crippen LogP) is 3.26. The molecule has 0 saturated heterocycles. The lowest BCUT2D eigenvalue weighted by molar-refractivity contribution is 0.415. The molecule has 0 radical (unpaired) electrons. The highest BCUT2D eigenvalue weighted by molar-refractivity contribution is 9.10. The normalized spacial score (nSPS) is 10.2. The van der Waals surface area contributed by atoms with E-state index in [-0.39, 0.29) is 0 Å². The van der Waals surface area contributed by atoms with Crippen LogP contribution in [0.15, 0.2) is 28.7 Å². The molecule has 1 aromatic carbocycles. The van der Waals surface area contributed by atoms with Crippen LogP contribution in [0.4, 0.5) is 5.82 Å². The maximum atomic E-state index is 5.13. The Hall–Kier alpha value is -1.62. The van der Waals surface area contributed by atoms with Gasteiger partial charge in [0.1, 0.15) is 11.6 Å². The van der Waals surface area contributed by atoms with Crippen molar-refractivity contribution in [2.45, 2.75) is 6.92 Å². The Morgan fingerprint density at radius 3 is 2.39 bits per heavy atom. The summed E-state index contributed by atoms with van der Waals surface area (Å²) in [7, 11) is 3.48. The number of anilines is 1. The molecular formula is C13H14BrN3O. The number of nitrogens with zero attached hydrogens (tertiary/aromatic N) is 2. The van der Waals surface area contributed by atoms with Crippen LogP contribution in [0.1, 0.15) is 5.69 Å². The summed E-state index contributed by atoms with van der Waals surface area (Å²) in [6, 6.07) is 7.69. The van der Waals surface area contributed by atoms with E-state index in [1.807, 2.05) is 38.2 Å². The molecule has 0 saturated carbocycles. The van der Waals surface area contributed by atoms with Crippen molar-refractivity contribution in [2.75, 3.05) is 19.5 Å². The highest BCUT2D eigenvalue weighted by Gasteiger charge is 2.09. The Morgan fingerprint density at radius 2 is 1.83 bits per heavy atom. The Morgan fingerprint density at radius 1 is 1.17 bits per heavy atom. The fraction of sp³-hybridized carbons (Fsp3) is 0.231. The highest BCUT2D eigenvalue weighted by Crippen LogP contribution is 2.27. The number of methoxy groups -OCH3 is 1. The molecule has 0 aliphatic heterocycles. The topological polar surface area (TPSA) is 47.0 Å². The molecule has 4 nitrogen and oxygen atoms in total. The third-order valence-electron chi connectivity index (χ3n) is 2.60. The number of benzene rings is 1. The molecule has 0 unspecified atom stereocenters. The van der Waals surface area contributed by atoms with Crippen molar-refractivity contribution in [3.05, 3.63) is 34.4 Å². The molecule has 0 atom stereocenters.